The number of nitrogens with zero attached hydrogens (tertiary/aromatic N) is 2. The van der Waals surface area contributed by atoms with Crippen molar-refractivity contribution in [2.24, 2.45) is 0 Å². The number of ether oxygens (including phenoxy) is 2. The minimum atomic E-state index is -3.81. The molecule has 170 valence electrons. The van der Waals surface area contributed by atoms with Crippen molar-refractivity contribution in [3.63, 3.8) is 0 Å². The maximum atomic E-state index is 13.4. The summed E-state index contributed by atoms with van der Waals surface area (Å²) in [5, 5.41) is 0.740. The summed E-state index contributed by atoms with van der Waals surface area (Å²) in [5.41, 5.74) is 3.02. The molecule has 0 amide bonds. The lowest BCUT2D eigenvalue weighted by atomic mass is 10.1. The van der Waals surface area contributed by atoms with E-state index in [-0.39, 0.29) is 11.2 Å². The van der Waals surface area contributed by atoms with Crippen LogP contribution in [-0.4, -0.2) is 30.3 Å². The zero-order valence-electron chi connectivity index (χ0n) is 18.1. The van der Waals surface area contributed by atoms with Crippen LogP contribution in [0.4, 0.5) is 0 Å². The average molecular weight is 527 g/mol. The highest BCUT2D eigenvalue weighted by molar-refractivity contribution is 9.10. The number of benzene rings is 2. The van der Waals surface area contributed by atoms with E-state index in [1.54, 1.807) is 36.7 Å². The molecule has 0 bridgehead atoms. The highest BCUT2D eigenvalue weighted by Gasteiger charge is 2.23. The lowest BCUT2D eigenvalue weighted by Gasteiger charge is -2.23. The van der Waals surface area contributed by atoms with Gasteiger partial charge in [0.2, 0.25) is 0 Å². The quantitative estimate of drug-likeness (QED) is 0.323. The predicted molar refractivity (Wildman–Crippen MR) is 131 cm³/mol. The lowest BCUT2D eigenvalue weighted by molar-refractivity contribution is -0.105. The van der Waals surface area contributed by atoms with Crippen molar-refractivity contribution in [1.82, 2.24) is 8.96 Å². The second kappa shape index (κ2) is 8.93. The van der Waals surface area contributed by atoms with Crippen molar-refractivity contribution < 1.29 is 17.9 Å². The van der Waals surface area contributed by atoms with Crippen LogP contribution in [0.2, 0.25) is 0 Å². The van der Waals surface area contributed by atoms with Gasteiger partial charge in [-0.15, -0.1) is 0 Å². The Labute approximate surface area is 201 Å². The molecule has 2 aromatic carbocycles. The molecule has 0 radical (unpaired) electrons. The Hall–Kier alpha value is -2.68. The number of hydrogen-bond acceptors (Lipinski definition) is 5. The van der Waals surface area contributed by atoms with Gasteiger partial charge in [-0.25, -0.2) is 17.4 Å². The largest absolute Gasteiger partial charge is 0.465 e. The molecule has 1 unspecified atom stereocenters. The Kier molecular flexibility index (Phi) is 5.99. The average Bonchev–Trinajstić information content (AvgIpc) is 3.20. The smallest absolute Gasteiger partial charge is 0.269 e. The van der Waals surface area contributed by atoms with Gasteiger partial charge in [0.05, 0.1) is 11.5 Å². The van der Waals surface area contributed by atoms with Crippen molar-refractivity contribution in [2.45, 2.75) is 37.4 Å². The van der Waals surface area contributed by atoms with Gasteiger partial charge in [0.1, 0.15) is 5.75 Å². The minimum Gasteiger partial charge on any atom is -0.465 e. The standard InChI is InChI=1S/C25H23BrN2O4S/c1-17-5-11-21(12-6-17)33(29,30)28-16-23(22-14-19(26)15-27-25(22)28)18-7-9-20(10-8-18)32-24-4-2-3-13-31-24/h5-12,14-16,24H,2-4,13H2,1H3. The van der Waals surface area contributed by atoms with Crippen molar-refractivity contribution in [1.29, 1.82) is 0 Å². The fourth-order valence-electron chi connectivity index (χ4n) is 3.96. The van der Waals surface area contributed by atoms with Crippen LogP contribution in [0.25, 0.3) is 22.2 Å². The molecule has 1 atom stereocenters. The van der Waals surface area contributed by atoms with Gasteiger partial charge in [-0.2, -0.15) is 0 Å². The topological polar surface area (TPSA) is 70.4 Å². The third-order valence-electron chi connectivity index (χ3n) is 5.73. The summed E-state index contributed by atoms with van der Waals surface area (Å²) in [7, 11) is -3.81. The number of aromatic nitrogens is 2. The monoisotopic (exact) mass is 526 g/mol. The van der Waals surface area contributed by atoms with Crippen molar-refractivity contribution >= 4 is 37.0 Å². The van der Waals surface area contributed by atoms with E-state index in [1.807, 2.05) is 37.3 Å². The van der Waals surface area contributed by atoms with Gasteiger partial charge in [-0.05, 0) is 71.6 Å². The Morgan fingerprint density at radius 2 is 1.85 bits per heavy atom. The zero-order valence-corrected chi connectivity index (χ0v) is 20.5. The molecule has 4 aromatic rings. The van der Waals surface area contributed by atoms with Gasteiger partial charge in [-0.1, -0.05) is 29.8 Å². The van der Waals surface area contributed by atoms with E-state index in [0.29, 0.717) is 5.65 Å². The fraction of sp³-hybridized carbons (Fsp3) is 0.240. The van der Waals surface area contributed by atoms with Gasteiger partial charge in [0, 0.05) is 34.2 Å². The first-order valence-electron chi connectivity index (χ1n) is 10.8. The molecule has 33 heavy (non-hydrogen) atoms. The van der Waals surface area contributed by atoms with Crippen LogP contribution in [0.3, 0.4) is 0 Å². The van der Waals surface area contributed by atoms with Crippen molar-refractivity contribution in [2.75, 3.05) is 6.61 Å². The molecule has 5 rings (SSSR count). The van der Waals surface area contributed by atoms with Crippen LogP contribution in [-0.2, 0) is 14.8 Å². The van der Waals surface area contributed by atoms with E-state index < -0.39 is 10.0 Å². The molecule has 8 heteroatoms. The van der Waals surface area contributed by atoms with Crippen LogP contribution < -0.4 is 4.74 Å². The second-order valence-corrected chi connectivity index (χ2v) is 10.9. The fourth-order valence-corrected chi connectivity index (χ4v) is 5.62. The third kappa shape index (κ3) is 4.43. The number of hydrogen-bond donors (Lipinski definition) is 0. The van der Waals surface area contributed by atoms with E-state index >= 15 is 0 Å². The van der Waals surface area contributed by atoms with E-state index in [9.17, 15) is 8.42 Å². The minimum absolute atomic E-state index is 0.216. The Balaban J connectivity index is 1.55. The molecule has 0 spiro atoms. The maximum absolute atomic E-state index is 13.4. The van der Waals surface area contributed by atoms with Gasteiger partial charge >= 0.3 is 0 Å². The Bertz CT molecular complexity index is 1390. The first kappa shape index (κ1) is 22.1. The van der Waals surface area contributed by atoms with Gasteiger partial charge in [0.25, 0.3) is 10.0 Å². The molecule has 1 aliphatic heterocycles. The molecule has 1 aliphatic rings. The van der Waals surface area contributed by atoms with Crippen LogP contribution in [0.1, 0.15) is 24.8 Å². The van der Waals surface area contributed by atoms with E-state index in [1.165, 1.54) is 3.97 Å². The molecule has 0 aliphatic carbocycles. The third-order valence-corrected chi connectivity index (χ3v) is 7.82. The molecule has 3 heterocycles. The summed E-state index contributed by atoms with van der Waals surface area (Å²) in [6.07, 6.45) is 6.07. The van der Waals surface area contributed by atoms with E-state index in [2.05, 4.69) is 20.9 Å². The number of aryl methyl sites for hydroxylation is 1. The summed E-state index contributed by atoms with van der Waals surface area (Å²) >= 11 is 3.46. The van der Waals surface area contributed by atoms with Crippen LogP contribution in [0, 0.1) is 6.92 Å². The van der Waals surface area contributed by atoms with Gasteiger partial charge < -0.3 is 9.47 Å². The number of halogens is 1. The van der Waals surface area contributed by atoms with E-state index in [4.69, 9.17) is 9.47 Å². The summed E-state index contributed by atoms with van der Waals surface area (Å²) in [4.78, 5) is 4.65. The van der Waals surface area contributed by atoms with Crippen molar-refractivity contribution in [3.8, 4) is 16.9 Å². The Morgan fingerprint density at radius 1 is 1.09 bits per heavy atom. The molecule has 1 fully saturated rings. The van der Waals surface area contributed by atoms with Gasteiger partial charge in [0.15, 0.2) is 11.9 Å². The lowest BCUT2D eigenvalue weighted by Crippen LogP contribution is -2.24. The highest BCUT2D eigenvalue weighted by Crippen LogP contribution is 2.34. The number of pyridine rings is 1. The maximum Gasteiger partial charge on any atom is 0.269 e. The Morgan fingerprint density at radius 3 is 2.55 bits per heavy atom. The number of fused-ring (bicyclic) bond motifs is 1. The second-order valence-electron chi connectivity index (χ2n) is 8.12. The molecule has 2 aromatic heterocycles. The summed E-state index contributed by atoms with van der Waals surface area (Å²) in [5.74, 6) is 0.723. The summed E-state index contributed by atoms with van der Waals surface area (Å²) < 4.78 is 40.5. The summed E-state index contributed by atoms with van der Waals surface area (Å²) in [6, 6.07) is 16.3. The molecule has 0 saturated carbocycles. The highest BCUT2D eigenvalue weighted by atomic mass is 79.9. The summed E-state index contributed by atoms with van der Waals surface area (Å²) in [6.45, 7) is 2.64. The molecule has 1 saturated heterocycles. The first-order valence-corrected chi connectivity index (χ1v) is 13.0. The molecular formula is C25H23BrN2O4S. The van der Waals surface area contributed by atoms with Crippen LogP contribution >= 0.6 is 15.9 Å². The van der Waals surface area contributed by atoms with Gasteiger partial charge in [-0.3, -0.25) is 0 Å². The van der Waals surface area contributed by atoms with Crippen molar-refractivity contribution in [3.05, 3.63) is 77.0 Å². The molecule has 6 nitrogen and oxygen atoms in total. The number of rotatable bonds is 5. The predicted octanol–water partition coefficient (Wildman–Crippen LogP) is 5.92. The van der Waals surface area contributed by atoms with Crippen LogP contribution in [0.5, 0.6) is 5.75 Å². The SMILES string of the molecule is Cc1ccc(S(=O)(=O)n2cc(-c3ccc(OC4CCCCO4)cc3)c3cc(Br)cnc32)cc1. The zero-order chi connectivity index (χ0) is 23.0. The molecular weight excluding hydrogens is 504 g/mol. The van der Waals surface area contributed by atoms with Crippen LogP contribution in [0.15, 0.2) is 76.4 Å². The van der Waals surface area contributed by atoms with E-state index in [0.717, 1.165) is 58.2 Å². The first-order chi connectivity index (χ1) is 15.9. The normalized spacial score (nSPS) is 16.7. The molecule has 0 N–H and O–H groups in total.